The highest BCUT2D eigenvalue weighted by atomic mass is 19.3. The van der Waals surface area contributed by atoms with Crippen molar-refractivity contribution in [1.82, 2.24) is 9.55 Å². The van der Waals surface area contributed by atoms with Crippen LogP contribution in [0.2, 0.25) is 0 Å². The molecule has 7 nitrogen and oxygen atoms in total. The van der Waals surface area contributed by atoms with Crippen LogP contribution in [0.1, 0.15) is 49.3 Å². The first-order valence-electron chi connectivity index (χ1n) is 10.6. The third-order valence-corrected chi connectivity index (χ3v) is 7.17. The van der Waals surface area contributed by atoms with E-state index in [2.05, 4.69) is 4.98 Å². The van der Waals surface area contributed by atoms with Gasteiger partial charge in [0.25, 0.3) is 12.0 Å². The maximum atomic E-state index is 15.6. The van der Waals surface area contributed by atoms with E-state index in [1.807, 2.05) is 0 Å². The van der Waals surface area contributed by atoms with E-state index in [9.17, 15) is 28.6 Å². The highest BCUT2D eigenvalue weighted by molar-refractivity contribution is 5.90. The number of nitrogens with one attached hydrogen (secondary N) is 1. The molecule has 4 unspecified atom stereocenters. The normalized spacial score (nSPS) is 28.5. The Bertz CT molecular complexity index is 1170. The molecule has 2 aromatic rings. The van der Waals surface area contributed by atoms with Crippen molar-refractivity contribution in [2.24, 2.45) is 11.8 Å². The minimum absolute atomic E-state index is 0.00676. The summed E-state index contributed by atoms with van der Waals surface area (Å²) in [6.07, 6.45) is -2.65. The summed E-state index contributed by atoms with van der Waals surface area (Å²) in [4.78, 5) is 28.7. The quantitative estimate of drug-likeness (QED) is 0.680. The standard InChI is InChI=1S/C21H24F3N3O4/c1-8-16-14(20(30)25-21(31)27(16)10-3-4-10)13(19(23)24)15(22)17(8)26-6-9-2-5-12(28)18(29)11(9)7-26/h9-12,18-19,28-29H,2-7H2,1H3,(H,25,30,31). The third kappa shape index (κ3) is 3.02. The third-order valence-electron chi connectivity index (χ3n) is 7.17. The highest BCUT2D eigenvalue weighted by Crippen LogP contribution is 2.45. The van der Waals surface area contributed by atoms with Crippen LogP contribution in [0, 0.1) is 24.6 Å². The van der Waals surface area contributed by atoms with Crippen LogP contribution in [0.4, 0.5) is 18.9 Å². The number of aromatic amines is 1. The first kappa shape index (κ1) is 20.6. The van der Waals surface area contributed by atoms with Crippen LogP contribution in [-0.4, -0.2) is 45.1 Å². The number of anilines is 1. The van der Waals surface area contributed by atoms with Crippen LogP contribution in [-0.2, 0) is 0 Å². The molecule has 0 bridgehead atoms. The number of aliphatic hydroxyl groups is 2. The summed E-state index contributed by atoms with van der Waals surface area (Å²) in [5.74, 6) is -1.48. The number of hydrogen-bond donors (Lipinski definition) is 3. The number of benzene rings is 1. The van der Waals surface area contributed by atoms with Crippen LogP contribution >= 0.6 is 0 Å². The molecule has 1 aromatic carbocycles. The molecule has 2 aliphatic carbocycles. The number of halogens is 3. The van der Waals surface area contributed by atoms with Crippen molar-refractivity contribution in [3.05, 3.63) is 37.8 Å². The number of aromatic nitrogens is 2. The van der Waals surface area contributed by atoms with Gasteiger partial charge in [-0.2, -0.15) is 0 Å². The number of alkyl halides is 2. The van der Waals surface area contributed by atoms with Crippen LogP contribution in [0.15, 0.2) is 9.59 Å². The second-order valence-electron chi connectivity index (χ2n) is 9.05. The van der Waals surface area contributed by atoms with Crippen molar-refractivity contribution in [3.8, 4) is 0 Å². The SMILES string of the molecule is Cc1c(N2CC3CCC(O)C(O)C3C2)c(F)c(C(F)F)c2c(=O)[nH]c(=O)n(C3CC3)c12. The maximum absolute atomic E-state index is 15.6. The van der Waals surface area contributed by atoms with E-state index >= 15 is 4.39 Å². The van der Waals surface area contributed by atoms with Crippen LogP contribution in [0.3, 0.4) is 0 Å². The Kier molecular flexibility index (Phi) is 4.71. The molecular formula is C21H24F3N3O4. The average Bonchev–Trinajstić information content (AvgIpc) is 3.44. The molecule has 31 heavy (non-hydrogen) atoms. The molecule has 1 aromatic heterocycles. The number of rotatable bonds is 3. The Morgan fingerprint density at radius 3 is 2.45 bits per heavy atom. The Balaban J connectivity index is 1.76. The Hall–Kier alpha value is -2.33. The van der Waals surface area contributed by atoms with Gasteiger partial charge in [-0.05, 0) is 38.5 Å². The number of aliphatic hydroxyl groups excluding tert-OH is 2. The van der Waals surface area contributed by atoms with Crippen molar-refractivity contribution in [2.45, 2.75) is 57.3 Å². The molecule has 10 heteroatoms. The molecule has 168 valence electrons. The minimum atomic E-state index is -3.25. The molecule has 2 saturated carbocycles. The minimum Gasteiger partial charge on any atom is -0.390 e. The lowest BCUT2D eigenvalue weighted by Crippen LogP contribution is -2.42. The zero-order valence-corrected chi connectivity index (χ0v) is 16.9. The van der Waals surface area contributed by atoms with Gasteiger partial charge in [0.05, 0.1) is 34.4 Å². The lowest BCUT2D eigenvalue weighted by atomic mass is 9.78. The molecule has 3 fully saturated rings. The molecule has 1 aliphatic heterocycles. The summed E-state index contributed by atoms with van der Waals surface area (Å²) in [5, 5.41) is 19.9. The number of nitrogens with zero attached hydrogens (tertiary/aromatic N) is 2. The largest absolute Gasteiger partial charge is 0.390 e. The van der Waals surface area contributed by atoms with Crippen molar-refractivity contribution in [3.63, 3.8) is 0 Å². The Morgan fingerprint density at radius 1 is 1.10 bits per heavy atom. The summed E-state index contributed by atoms with van der Waals surface area (Å²) >= 11 is 0. The number of hydrogen-bond acceptors (Lipinski definition) is 5. The topological polar surface area (TPSA) is 98.6 Å². The van der Waals surface area contributed by atoms with Gasteiger partial charge in [0.2, 0.25) is 0 Å². The van der Waals surface area contributed by atoms with Gasteiger partial charge < -0.3 is 15.1 Å². The van der Waals surface area contributed by atoms with Gasteiger partial charge in [-0.15, -0.1) is 0 Å². The zero-order valence-electron chi connectivity index (χ0n) is 16.9. The summed E-state index contributed by atoms with van der Waals surface area (Å²) in [6.45, 7) is 2.09. The highest BCUT2D eigenvalue weighted by Gasteiger charge is 2.45. The smallest absolute Gasteiger partial charge is 0.329 e. The lowest BCUT2D eigenvalue weighted by Gasteiger charge is -2.32. The van der Waals surface area contributed by atoms with Gasteiger partial charge in [-0.1, -0.05) is 0 Å². The Morgan fingerprint density at radius 2 is 1.81 bits per heavy atom. The molecule has 3 N–H and O–H groups in total. The number of H-pyrrole nitrogens is 1. The fourth-order valence-electron chi connectivity index (χ4n) is 5.56. The first-order valence-corrected chi connectivity index (χ1v) is 10.6. The average molecular weight is 439 g/mol. The predicted octanol–water partition coefficient (Wildman–Crippen LogP) is 1.98. The molecule has 1 saturated heterocycles. The van der Waals surface area contributed by atoms with Gasteiger partial charge in [0.15, 0.2) is 5.82 Å². The van der Waals surface area contributed by atoms with Gasteiger partial charge in [-0.25, -0.2) is 18.0 Å². The van der Waals surface area contributed by atoms with E-state index in [0.717, 1.165) is 0 Å². The van der Waals surface area contributed by atoms with Gasteiger partial charge in [0, 0.05) is 30.6 Å². The Labute approximate surface area is 175 Å². The molecule has 0 spiro atoms. The van der Waals surface area contributed by atoms with E-state index < -0.39 is 46.6 Å². The molecule has 0 radical (unpaired) electrons. The van der Waals surface area contributed by atoms with Crippen molar-refractivity contribution in [1.29, 1.82) is 0 Å². The van der Waals surface area contributed by atoms with Crippen LogP contribution in [0.25, 0.3) is 10.9 Å². The maximum Gasteiger partial charge on any atom is 0.329 e. The second-order valence-corrected chi connectivity index (χ2v) is 9.05. The predicted molar refractivity (Wildman–Crippen MR) is 107 cm³/mol. The fourth-order valence-corrected chi connectivity index (χ4v) is 5.56. The van der Waals surface area contributed by atoms with Gasteiger partial charge in [-0.3, -0.25) is 14.3 Å². The van der Waals surface area contributed by atoms with E-state index in [0.29, 0.717) is 32.2 Å². The lowest BCUT2D eigenvalue weighted by molar-refractivity contribution is -0.0532. The first-order chi connectivity index (χ1) is 14.7. The van der Waals surface area contributed by atoms with Crippen molar-refractivity contribution >= 4 is 16.6 Å². The number of fused-ring (bicyclic) bond motifs is 2. The monoisotopic (exact) mass is 439 g/mol. The molecule has 3 aliphatic rings. The van der Waals surface area contributed by atoms with Crippen LogP contribution in [0.5, 0.6) is 0 Å². The van der Waals surface area contributed by atoms with Crippen LogP contribution < -0.4 is 16.1 Å². The van der Waals surface area contributed by atoms with E-state index in [-0.39, 0.29) is 41.2 Å². The fraction of sp³-hybridized carbons (Fsp3) is 0.619. The number of aryl methyl sites for hydroxylation is 1. The van der Waals surface area contributed by atoms with E-state index in [1.165, 1.54) is 4.57 Å². The van der Waals surface area contributed by atoms with Gasteiger partial charge in [0.1, 0.15) is 0 Å². The summed E-state index contributed by atoms with van der Waals surface area (Å²) in [5.41, 5.74) is -2.44. The van der Waals surface area contributed by atoms with Crippen molar-refractivity contribution < 1.29 is 23.4 Å². The summed E-state index contributed by atoms with van der Waals surface area (Å²) in [6, 6.07) is -0.215. The van der Waals surface area contributed by atoms with Crippen molar-refractivity contribution in [2.75, 3.05) is 18.0 Å². The summed E-state index contributed by atoms with van der Waals surface area (Å²) < 4.78 is 44.9. The molecule has 2 heterocycles. The van der Waals surface area contributed by atoms with E-state index in [4.69, 9.17) is 0 Å². The molecule has 0 amide bonds. The molecule has 4 atom stereocenters. The zero-order chi connectivity index (χ0) is 22.2. The molecule has 5 rings (SSSR count). The van der Waals surface area contributed by atoms with E-state index in [1.54, 1.807) is 11.8 Å². The summed E-state index contributed by atoms with van der Waals surface area (Å²) in [7, 11) is 0. The second kappa shape index (κ2) is 7.09. The van der Waals surface area contributed by atoms with Gasteiger partial charge >= 0.3 is 5.69 Å². The molecular weight excluding hydrogens is 415 g/mol.